The lowest BCUT2D eigenvalue weighted by molar-refractivity contribution is 0.602. The van der Waals surface area contributed by atoms with E-state index in [4.69, 9.17) is 17.3 Å². The number of nitrogens with two attached hydrogens (primary N) is 1. The summed E-state index contributed by atoms with van der Waals surface area (Å²) >= 11 is 6.29. The van der Waals surface area contributed by atoms with E-state index in [0.717, 1.165) is 21.4 Å². The monoisotopic (exact) mass is 295 g/mol. The van der Waals surface area contributed by atoms with E-state index in [-0.39, 0.29) is 12.0 Å². The van der Waals surface area contributed by atoms with Gasteiger partial charge < -0.3 is 5.73 Å². The van der Waals surface area contributed by atoms with Gasteiger partial charge in [-0.2, -0.15) is 0 Å². The van der Waals surface area contributed by atoms with E-state index in [1.165, 1.54) is 5.56 Å². The summed E-state index contributed by atoms with van der Waals surface area (Å²) in [4.78, 5) is 0. The maximum absolute atomic E-state index is 6.54. The summed E-state index contributed by atoms with van der Waals surface area (Å²) < 4.78 is 0. The standard InChI is InChI=1S/C19H18ClN/c1-13(14-7-3-2-4-8-14)19(21)17-11-12-18(20)16-10-6-5-9-15(16)17/h2-13,19H,21H2,1H3. The molecule has 0 fully saturated rings. The molecule has 21 heavy (non-hydrogen) atoms. The van der Waals surface area contributed by atoms with Crippen molar-refractivity contribution in [1.29, 1.82) is 0 Å². The first-order chi connectivity index (χ1) is 10.2. The number of hydrogen-bond donors (Lipinski definition) is 1. The molecule has 2 atom stereocenters. The Balaban J connectivity index is 2.06. The zero-order chi connectivity index (χ0) is 14.8. The first-order valence-corrected chi connectivity index (χ1v) is 7.54. The molecule has 0 heterocycles. The largest absolute Gasteiger partial charge is 0.323 e. The molecule has 2 heteroatoms. The number of hydrogen-bond acceptors (Lipinski definition) is 1. The van der Waals surface area contributed by atoms with Gasteiger partial charge in [0.25, 0.3) is 0 Å². The fourth-order valence-electron chi connectivity index (χ4n) is 2.81. The molecule has 2 N–H and O–H groups in total. The maximum Gasteiger partial charge on any atom is 0.0484 e. The second kappa shape index (κ2) is 5.88. The molecule has 0 aliphatic carbocycles. The lowest BCUT2D eigenvalue weighted by atomic mass is 9.87. The second-order valence-corrected chi connectivity index (χ2v) is 5.81. The minimum Gasteiger partial charge on any atom is -0.323 e. The first kappa shape index (κ1) is 14.1. The van der Waals surface area contributed by atoms with E-state index >= 15 is 0 Å². The molecule has 0 saturated heterocycles. The topological polar surface area (TPSA) is 26.0 Å². The van der Waals surface area contributed by atoms with Crippen LogP contribution in [-0.4, -0.2) is 0 Å². The van der Waals surface area contributed by atoms with Crippen LogP contribution in [0.3, 0.4) is 0 Å². The summed E-state index contributed by atoms with van der Waals surface area (Å²) in [5.74, 6) is 0.246. The first-order valence-electron chi connectivity index (χ1n) is 7.16. The molecule has 3 rings (SSSR count). The minimum absolute atomic E-state index is 0.0606. The quantitative estimate of drug-likeness (QED) is 0.697. The van der Waals surface area contributed by atoms with Gasteiger partial charge in [0.15, 0.2) is 0 Å². The van der Waals surface area contributed by atoms with Crippen molar-refractivity contribution in [2.75, 3.05) is 0 Å². The van der Waals surface area contributed by atoms with Crippen LogP contribution in [0.25, 0.3) is 10.8 Å². The van der Waals surface area contributed by atoms with Crippen molar-refractivity contribution in [2.45, 2.75) is 18.9 Å². The fraction of sp³-hybridized carbons (Fsp3) is 0.158. The van der Waals surface area contributed by atoms with Crippen LogP contribution in [0.1, 0.15) is 30.0 Å². The third-order valence-electron chi connectivity index (χ3n) is 4.13. The average molecular weight is 296 g/mol. The smallest absolute Gasteiger partial charge is 0.0484 e. The van der Waals surface area contributed by atoms with Gasteiger partial charge in [-0.05, 0) is 22.6 Å². The summed E-state index contributed by atoms with van der Waals surface area (Å²) in [6.45, 7) is 2.17. The van der Waals surface area contributed by atoms with Crippen LogP contribution in [0.15, 0.2) is 66.7 Å². The Morgan fingerprint density at radius 1 is 0.810 bits per heavy atom. The van der Waals surface area contributed by atoms with Crippen molar-refractivity contribution in [3.8, 4) is 0 Å². The average Bonchev–Trinajstić information content (AvgIpc) is 2.55. The molecule has 2 unspecified atom stereocenters. The lowest BCUT2D eigenvalue weighted by Crippen LogP contribution is -2.18. The molecule has 0 spiro atoms. The third-order valence-corrected chi connectivity index (χ3v) is 4.46. The minimum atomic E-state index is -0.0606. The third kappa shape index (κ3) is 2.67. The molecule has 0 saturated carbocycles. The van der Waals surface area contributed by atoms with Gasteiger partial charge in [-0.1, -0.05) is 79.2 Å². The van der Waals surface area contributed by atoms with Crippen LogP contribution >= 0.6 is 11.6 Å². The Bertz CT molecular complexity index is 752. The van der Waals surface area contributed by atoms with Crippen LogP contribution in [-0.2, 0) is 0 Å². The van der Waals surface area contributed by atoms with Crippen molar-refractivity contribution >= 4 is 22.4 Å². The van der Waals surface area contributed by atoms with Gasteiger partial charge in [-0.25, -0.2) is 0 Å². The van der Waals surface area contributed by atoms with Crippen LogP contribution in [0.4, 0.5) is 0 Å². The van der Waals surface area contributed by atoms with E-state index in [2.05, 4.69) is 43.3 Å². The van der Waals surface area contributed by atoms with E-state index in [9.17, 15) is 0 Å². The van der Waals surface area contributed by atoms with E-state index in [1.807, 2.05) is 30.3 Å². The highest BCUT2D eigenvalue weighted by molar-refractivity contribution is 6.35. The van der Waals surface area contributed by atoms with Gasteiger partial charge in [0, 0.05) is 22.4 Å². The second-order valence-electron chi connectivity index (χ2n) is 5.41. The highest BCUT2D eigenvalue weighted by Crippen LogP contribution is 2.35. The zero-order valence-corrected chi connectivity index (χ0v) is 12.7. The SMILES string of the molecule is CC(c1ccccc1)C(N)c1ccc(Cl)c2ccccc12. The molecule has 0 amide bonds. The Morgan fingerprint density at radius 3 is 2.14 bits per heavy atom. The van der Waals surface area contributed by atoms with Gasteiger partial charge in [-0.15, -0.1) is 0 Å². The van der Waals surface area contributed by atoms with E-state index < -0.39 is 0 Å². The number of halogens is 1. The number of rotatable bonds is 3. The van der Waals surface area contributed by atoms with Crippen LogP contribution in [0.5, 0.6) is 0 Å². The zero-order valence-electron chi connectivity index (χ0n) is 12.0. The van der Waals surface area contributed by atoms with Crippen LogP contribution in [0, 0.1) is 0 Å². The molecule has 0 bridgehead atoms. The Labute approximate surface area is 130 Å². The summed E-state index contributed by atoms with van der Waals surface area (Å²) in [7, 11) is 0. The predicted octanol–water partition coefficient (Wildman–Crippen LogP) is 5.30. The maximum atomic E-state index is 6.54. The molecule has 0 radical (unpaired) electrons. The molecular formula is C19H18ClN. The molecular weight excluding hydrogens is 278 g/mol. The van der Waals surface area contributed by atoms with Gasteiger partial charge in [0.2, 0.25) is 0 Å². The van der Waals surface area contributed by atoms with E-state index in [1.54, 1.807) is 0 Å². The molecule has 3 aromatic carbocycles. The molecule has 0 aliphatic rings. The van der Waals surface area contributed by atoms with Crippen LogP contribution in [0.2, 0.25) is 5.02 Å². The summed E-state index contributed by atoms with van der Waals surface area (Å²) in [5, 5.41) is 2.97. The summed E-state index contributed by atoms with van der Waals surface area (Å²) in [6.07, 6.45) is 0. The fourth-order valence-corrected chi connectivity index (χ4v) is 3.04. The van der Waals surface area contributed by atoms with Crippen molar-refractivity contribution < 1.29 is 0 Å². The summed E-state index contributed by atoms with van der Waals surface area (Å²) in [5.41, 5.74) is 8.94. The predicted molar refractivity (Wildman–Crippen MR) is 90.7 cm³/mol. The lowest BCUT2D eigenvalue weighted by Gasteiger charge is -2.22. The molecule has 0 aliphatic heterocycles. The molecule has 1 nitrogen and oxygen atoms in total. The number of fused-ring (bicyclic) bond motifs is 1. The van der Waals surface area contributed by atoms with E-state index in [0.29, 0.717) is 0 Å². The Hall–Kier alpha value is -1.83. The van der Waals surface area contributed by atoms with Crippen molar-refractivity contribution in [2.24, 2.45) is 5.73 Å². The Kier molecular flexibility index (Phi) is 3.96. The Morgan fingerprint density at radius 2 is 1.43 bits per heavy atom. The summed E-state index contributed by atoms with van der Waals surface area (Å²) in [6, 6.07) is 22.5. The molecule has 106 valence electrons. The van der Waals surface area contributed by atoms with Gasteiger partial charge in [-0.3, -0.25) is 0 Å². The van der Waals surface area contributed by atoms with Gasteiger partial charge >= 0.3 is 0 Å². The van der Waals surface area contributed by atoms with Crippen molar-refractivity contribution in [3.63, 3.8) is 0 Å². The normalized spacial score (nSPS) is 14.0. The van der Waals surface area contributed by atoms with Gasteiger partial charge in [0.05, 0.1) is 0 Å². The van der Waals surface area contributed by atoms with Crippen molar-refractivity contribution in [1.82, 2.24) is 0 Å². The molecule has 3 aromatic rings. The van der Waals surface area contributed by atoms with Gasteiger partial charge in [0.1, 0.15) is 0 Å². The van der Waals surface area contributed by atoms with Crippen molar-refractivity contribution in [3.05, 3.63) is 82.9 Å². The molecule has 0 aromatic heterocycles. The number of benzene rings is 3. The highest BCUT2D eigenvalue weighted by atomic mass is 35.5. The van der Waals surface area contributed by atoms with Crippen LogP contribution < -0.4 is 5.73 Å². The highest BCUT2D eigenvalue weighted by Gasteiger charge is 2.19.